The summed E-state index contributed by atoms with van der Waals surface area (Å²) in [6.45, 7) is 2.37. The van der Waals surface area contributed by atoms with Crippen LogP contribution < -0.4 is 9.47 Å². The van der Waals surface area contributed by atoms with Crippen LogP contribution in [0.15, 0.2) is 53.4 Å². The normalized spacial score (nSPS) is 17.6. The van der Waals surface area contributed by atoms with Crippen LogP contribution in [0.2, 0.25) is 0 Å². The van der Waals surface area contributed by atoms with Crippen molar-refractivity contribution in [3.63, 3.8) is 0 Å². The van der Waals surface area contributed by atoms with Crippen LogP contribution in [0, 0.1) is 0 Å². The van der Waals surface area contributed by atoms with E-state index < -0.39 is 10.0 Å². The number of piperazine rings is 1. The lowest BCUT2D eigenvalue weighted by Crippen LogP contribution is -2.50. The minimum atomic E-state index is -3.66. The van der Waals surface area contributed by atoms with Crippen molar-refractivity contribution in [2.75, 3.05) is 39.4 Å². The van der Waals surface area contributed by atoms with Crippen LogP contribution in [0.5, 0.6) is 11.5 Å². The van der Waals surface area contributed by atoms with Gasteiger partial charge in [0.2, 0.25) is 15.9 Å². The Kier molecular flexibility index (Phi) is 5.73. The van der Waals surface area contributed by atoms with Crippen molar-refractivity contribution >= 4 is 15.9 Å². The summed E-state index contributed by atoms with van der Waals surface area (Å²) in [5, 5.41) is 0. The minimum absolute atomic E-state index is 0.0174. The molecule has 0 saturated carbocycles. The van der Waals surface area contributed by atoms with Crippen LogP contribution in [0.25, 0.3) is 0 Å². The van der Waals surface area contributed by atoms with E-state index in [4.69, 9.17) is 9.47 Å². The van der Waals surface area contributed by atoms with E-state index in [2.05, 4.69) is 0 Å². The Bertz CT molecular complexity index is 970. The van der Waals surface area contributed by atoms with Crippen LogP contribution in [0.4, 0.5) is 0 Å². The molecule has 154 valence electrons. The van der Waals surface area contributed by atoms with Gasteiger partial charge < -0.3 is 14.4 Å². The SMILES string of the molecule is O=C(Cc1ccccc1)N1CCN(S(=O)(=O)c2ccc3c(c2)OCCCO3)CC1. The molecule has 2 aliphatic heterocycles. The standard InChI is InChI=1S/C21H24N2O5S/c24-21(15-17-5-2-1-3-6-17)22-9-11-23(12-10-22)29(25,26)18-7-8-19-20(16-18)28-14-4-13-27-19/h1-3,5-8,16H,4,9-15H2. The number of nitrogens with zero attached hydrogens (tertiary/aromatic N) is 2. The van der Waals surface area contributed by atoms with Crippen LogP contribution in [0.3, 0.4) is 0 Å². The van der Waals surface area contributed by atoms with Gasteiger partial charge in [-0.15, -0.1) is 0 Å². The minimum Gasteiger partial charge on any atom is -0.490 e. The van der Waals surface area contributed by atoms with Gasteiger partial charge in [0, 0.05) is 38.7 Å². The maximum absolute atomic E-state index is 13.1. The molecule has 0 radical (unpaired) electrons. The Morgan fingerprint density at radius 2 is 1.59 bits per heavy atom. The number of hydrogen-bond donors (Lipinski definition) is 0. The molecule has 0 aromatic heterocycles. The van der Waals surface area contributed by atoms with E-state index in [-0.39, 0.29) is 23.9 Å². The van der Waals surface area contributed by atoms with Gasteiger partial charge in [-0.25, -0.2) is 8.42 Å². The number of sulfonamides is 1. The fourth-order valence-electron chi connectivity index (χ4n) is 3.51. The Morgan fingerprint density at radius 3 is 2.31 bits per heavy atom. The monoisotopic (exact) mass is 416 g/mol. The van der Waals surface area contributed by atoms with Crippen molar-refractivity contribution in [3.8, 4) is 11.5 Å². The molecule has 0 atom stereocenters. The molecule has 2 aromatic rings. The Balaban J connectivity index is 1.41. The predicted octanol–water partition coefficient (Wildman–Crippen LogP) is 1.92. The molecule has 29 heavy (non-hydrogen) atoms. The molecule has 0 bridgehead atoms. The van der Waals surface area contributed by atoms with Crippen molar-refractivity contribution < 1.29 is 22.7 Å². The van der Waals surface area contributed by atoms with E-state index >= 15 is 0 Å². The molecule has 8 heteroatoms. The zero-order valence-corrected chi connectivity index (χ0v) is 16.9. The molecule has 0 unspecified atom stereocenters. The Hall–Kier alpha value is -2.58. The predicted molar refractivity (Wildman–Crippen MR) is 108 cm³/mol. The summed E-state index contributed by atoms with van der Waals surface area (Å²) in [5.41, 5.74) is 0.958. The summed E-state index contributed by atoms with van der Waals surface area (Å²) >= 11 is 0. The fourth-order valence-corrected chi connectivity index (χ4v) is 4.95. The van der Waals surface area contributed by atoms with E-state index in [9.17, 15) is 13.2 Å². The van der Waals surface area contributed by atoms with Gasteiger partial charge in [-0.3, -0.25) is 4.79 Å². The molecule has 4 rings (SSSR count). The van der Waals surface area contributed by atoms with Crippen molar-refractivity contribution in [1.82, 2.24) is 9.21 Å². The maximum atomic E-state index is 13.1. The molecular weight excluding hydrogens is 392 g/mol. The van der Waals surface area contributed by atoms with Crippen LogP contribution in [-0.2, 0) is 21.2 Å². The van der Waals surface area contributed by atoms with Crippen molar-refractivity contribution in [1.29, 1.82) is 0 Å². The average Bonchev–Trinajstić information content (AvgIpc) is 2.99. The highest BCUT2D eigenvalue weighted by atomic mass is 32.2. The van der Waals surface area contributed by atoms with Crippen LogP contribution >= 0.6 is 0 Å². The van der Waals surface area contributed by atoms with Gasteiger partial charge in [-0.05, 0) is 17.7 Å². The van der Waals surface area contributed by atoms with Crippen LogP contribution in [-0.4, -0.2) is 62.9 Å². The Labute approximate surface area is 170 Å². The molecule has 0 aliphatic carbocycles. The molecular formula is C21H24N2O5S. The van der Waals surface area contributed by atoms with E-state index in [1.807, 2.05) is 30.3 Å². The van der Waals surface area contributed by atoms with E-state index in [0.717, 1.165) is 12.0 Å². The summed E-state index contributed by atoms with van der Waals surface area (Å²) in [6.07, 6.45) is 1.09. The average molecular weight is 416 g/mol. The highest BCUT2D eigenvalue weighted by molar-refractivity contribution is 7.89. The summed E-state index contributed by atoms with van der Waals surface area (Å²) in [7, 11) is -3.66. The van der Waals surface area contributed by atoms with Gasteiger partial charge >= 0.3 is 0 Å². The van der Waals surface area contributed by atoms with E-state index in [1.165, 1.54) is 10.4 Å². The second kappa shape index (κ2) is 8.42. The molecule has 1 saturated heterocycles. The first-order chi connectivity index (χ1) is 14.0. The third kappa shape index (κ3) is 4.38. The van der Waals surface area contributed by atoms with Gasteiger partial charge in [0.25, 0.3) is 0 Å². The molecule has 1 fully saturated rings. The van der Waals surface area contributed by atoms with Gasteiger partial charge in [0.05, 0.1) is 24.5 Å². The molecule has 0 spiro atoms. The van der Waals surface area contributed by atoms with Crippen molar-refractivity contribution in [2.24, 2.45) is 0 Å². The topological polar surface area (TPSA) is 76.2 Å². The van der Waals surface area contributed by atoms with Gasteiger partial charge in [-0.1, -0.05) is 30.3 Å². The zero-order valence-electron chi connectivity index (χ0n) is 16.1. The Morgan fingerprint density at radius 1 is 0.897 bits per heavy atom. The molecule has 2 aromatic carbocycles. The van der Waals surface area contributed by atoms with E-state index in [1.54, 1.807) is 17.0 Å². The lowest BCUT2D eigenvalue weighted by molar-refractivity contribution is -0.131. The zero-order chi connectivity index (χ0) is 20.3. The largest absolute Gasteiger partial charge is 0.490 e. The smallest absolute Gasteiger partial charge is 0.243 e. The van der Waals surface area contributed by atoms with Gasteiger partial charge in [0.15, 0.2) is 11.5 Å². The summed E-state index contributed by atoms with van der Waals surface area (Å²) in [5.74, 6) is 1.04. The highest BCUT2D eigenvalue weighted by Gasteiger charge is 2.31. The molecule has 1 amide bonds. The van der Waals surface area contributed by atoms with Gasteiger partial charge in [-0.2, -0.15) is 4.31 Å². The lowest BCUT2D eigenvalue weighted by atomic mass is 10.1. The van der Waals surface area contributed by atoms with Crippen molar-refractivity contribution in [2.45, 2.75) is 17.7 Å². The number of rotatable bonds is 4. The number of ether oxygens (including phenoxy) is 2. The summed E-state index contributed by atoms with van der Waals surface area (Å²) in [6, 6.07) is 14.3. The first kappa shape index (κ1) is 19.7. The third-order valence-electron chi connectivity index (χ3n) is 5.15. The maximum Gasteiger partial charge on any atom is 0.243 e. The first-order valence-corrected chi connectivity index (χ1v) is 11.2. The van der Waals surface area contributed by atoms with Crippen LogP contribution in [0.1, 0.15) is 12.0 Å². The number of carbonyl (C=O) groups is 1. The number of amides is 1. The van der Waals surface area contributed by atoms with Gasteiger partial charge in [0.1, 0.15) is 0 Å². The summed E-state index contributed by atoms with van der Waals surface area (Å²) in [4.78, 5) is 14.4. The number of hydrogen-bond acceptors (Lipinski definition) is 5. The fraction of sp³-hybridized carbons (Fsp3) is 0.381. The highest BCUT2D eigenvalue weighted by Crippen LogP contribution is 2.33. The number of benzene rings is 2. The lowest BCUT2D eigenvalue weighted by Gasteiger charge is -2.34. The third-order valence-corrected chi connectivity index (χ3v) is 7.04. The molecule has 2 heterocycles. The quantitative estimate of drug-likeness (QED) is 0.761. The molecule has 0 N–H and O–H groups in total. The molecule has 7 nitrogen and oxygen atoms in total. The second-order valence-electron chi connectivity index (χ2n) is 7.11. The molecule has 2 aliphatic rings. The number of carbonyl (C=O) groups excluding carboxylic acids is 1. The second-order valence-corrected chi connectivity index (χ2v) is 9.04. The van der Waals surface area contributed by atoms with Crippen molar-refractivity contribution in [3.05, 3.63) is 54.1 Å². The van der Waals surface area contributed by atoms with E-state index in [0.29, 0.717) is 44.2 Å². The summed E-state index contributed by atoms with van der Waals surface area (Å²) < 4.78 is 38.7. The number of fused-ring (bicyclic) bond motifs is 1. The first-order valence-electron chi connectivity index (χ1n) is 9.75.